The van der Waals surface area contributed by atoms with Crippen molar-refractivity contribution in [1.82, 2.24) is 0 Å². The van der Waals surface area contributed by atoms with Gasteiger partial charge in [-0.25, -0.2) is 0 Å². The Kier molecular flexibility index (Phi) is 4.06. The highest BCUT2D eigenvalue weighted by molar-refractivity contribution is 5.66. The summed E-state index contributed by atoms with van der Waals surface area (Å²) in [5.74, 6) is -0.688. The number of benzene rings is 1. The molecular weight excluding hydrogens is 277 g/mol. The third-order valence-corrected chi connectivity index (χ3v) is 2.93. The van der Waals surface area contributed by atoms with Gasteiger partial charge in [0.1, 0.15) is 13.2 Å². The summed E-state index contributed by atoms with van der Waals surface area (Å²) in [6.07, 6.45) is -4.61. The van der Waals surface area contributed by atoms with Crippen LogP contribution in [0.15, 0.2) is 12.1 Å². The van der Waals surface area contributed by atoms with Crippen molar-refractivity contribution >= 4 is 5.97 Å². The van der Waals surface area contributed by atoms with Crippen LogP contribution >= 0.6 is 0 Å². The highest BCUT2D eigenvalue weighted by atomic mass is 19.4. The molecule has 0 radical (unpaired) electrons. The fourth-order valence-electron chi connectivity index (χ4n) is 2.10. The van der Waals surface area contributed by atoms with Gasteiger partial charge in [0.25, 0.3) is 0 Å². The number of alkyl halides is 3. The van der Waals surface area contributed by atoms with Crippen molar-refractivity contribution in [3.05, 3.63) is 23.3 Å². The predicted octanol–water partition coefficient (Wildman–Crippen LogP) is 2.88. The quantitative estimate of drug-likeness (QED) is 0.926. The fourth-order valence-corrected chi connectivity index (χ4v) is 2.10. The Balaban J connectivity index is 2.35. The Labute approximate surface area is 113 Å². The van der Waals surface area contributed by atoms with E-state index in [0.717, 1.165) is 6.07 Å². The van der Waals surface area contributed by atoms with Crippen LogP contribution in [0.1, 0.15) is 24.0 Å². The SMILES string of the molecule is O=C(O)CCCc1c(C(F)(F)F)ccc2c1OCCO2. The number of hydrogen-bond acceptors (Lipinski definition) is 3. The van der Waals surface area contributed by atoms with Crippen LogP contribution < -0.4 is 9.47 Å². The van der Waals surface area contributed by atoms with Crippen LogP contribution in [0.5, 0.6) is 11.5 Å². The lowest BCUT2D eigenvalue weighted by molar-refractivity contribution is -0.138. The smallest absolute Gasteiger partial charge is 0.416 e. The molecular formula is C13H13F3O4. The molecule has 0 saturated heterocycles. The van der Waals surface area contributed by atoms with E-state index in [1.165, 1.54) is 6.07 Å². The normalized spacial score (nSPS) is 14.2. The van der Waals surface area contributed by atoms with Crippen molar-refractivity contribution in [2.24, 2.45) is 0 Å². The Morgan fingerprint density at radius 2 is 1.95 bits per heavy atom. The summed E-state index contributed by atoms with van der Waals surface area (Å²) in [5.41, 5.74) is -0.830. The summed E-state index contributed by atoms with van der Waals surface area (Å²) in [6, 6.07) is 2.18. The first-order valence-electron chi connectivity index (χ1n) is 6.10. The molecule has 1 aliphatic rings. The predicted molar refractivity (Wildman–Crippen MR) is 63.0 cm³/mol. The number of carboxylic acids is 1. The fraction of sp³-hybridized carbons (Fsp3) is 0.462. The van der Waals surface area contributed by atoms with Crippen LogP contribution in [0.25, 0.3) is 0 Å². The second-order valence-electron chi connectivity index (χ2n) is 4.36. The summed E-state index contributed by atoms with van der Waals surface area (Å²) < 4.78 is 49.5. The number of carbonyl (C=O) groups is 1. The van der Waals surface area contributed by atoms with Crippen LogP contribution in [0.3, 0.4) is 0 Å². The molecule has 1 aromatic rings. The monoisotopic (exact) mass is 290 g/mol. The van der Waals surface area contributed by atoms with Gasteiger partial charge in [0.05, 0.1) is 5.56 Å². The van der Waals surface area contributed by atoms with E-state index in [2.05, 4.69) is 0 Å². The Morgan fingerprint density at radius 3 is 2.60 bits per heavy atom. The number of ether oxygens (including phenoxy) is 2. The molecule has 0 amide bonds. The number of rotatable bonds is 4. The first-order chi connectivity index (χ1) is 9.39. The molecule has 0 atom stereocenters. The first-order valence-corrected chi connectivity index (χ1v) is 6.10. The lowest BCUT2D eigenvalue weighted by Crippen LogP contribution is -2.19. The van der Waals surface area contributed by atoms with Crippen LogP contribution in [-0.2, 0) is 17.4 Å². The second-order valence-corrected chi connectivity index (χ2v) is 4.36. The Hall–Kier alpha value is -1.92. The molecule has 4 nitrogen and oxygen atoms in total. The van der Waals surface area contributed by atoms with Crippen molar-refractivity contribution < 1.29 is 32.5 Å². The van der Waals surface area contributed by atoms with Gasteiger partial charge in [-0.2, -0.15) is 13.2 Å². The minimum atomic E-state index is -4.51. The average molecular weight is 290 g/mol. The molecule has 0 aliphatic carbocycles. The van der Waals surface area contributed by atoms with Crippen LogP contribution in [0, 0.1) is 0 Å². The van der Waals surface area contributed by atoms with Crippen LogP contribution in [0.2, 0.25) is 0 Å². The van der Waals surface area contributed by atoms with E-state index in [9.17, 15) is 18.0 Å². The lowest BCUT2D eigenvalue weighted by Gasteiger charge is -2.24. The molecule has 1 N–H and O–H groups in total. The molecule has 0 aromatic heterocycles. The van der Waals surface area contributed by atoms with E-state index in [0.29, 0.717) is 0 Å². The maximum atomic E-state index is 13.0. The lowest BCUT2D eigenvalue weighted by atomic mass is 9.99. The van der Waals surface area contributed by atoms with Crippen molar-refractivity contribution in [1.29, 1.82) is 0 Å². The molecule has 110 valence electrons. The minimum absolute atomic E-state index is 0.0202. The van der Waals surface area contributed by atoms with Gasteiger partial charge in [0.15, 0.2) is 11.5 Å². The van der Waals surface area contributed by atoms with Gasteiger partial charge in [-0.1, -0.05) is 0 Å². The van der Waals surface area contributed by atoms with Crippen LogP contribution in [0.4, 0.5) is 13.2 Å². The molecule has 20 heavy (non-hydrogen) atoms. The van der Waals surface area contributed by atoms with Gasteiger partial charge in [-0.3, -0.25) is 4.79 Å². The molecule has 1 aliphatic heterocycles. The average Bonchev–Trinajstić information content (AvgIpc) is 2.37. The molecule has 0 unspecified atom stereocenters. The molecule has 1 aromatic carbocycles. The standard InChI is InChI=1S/C13H13F3O4/c14-13(15,16)9-4-5-10-12(20-7-6-19-10)8(9)2-1-3-11(17)18/h4-5H,1-3,6-7H2,(H,17,18). The van der Waals surface area contributed by atoms with E-state index >= 15 is 0 Å². The number of carboxylic acid groups (broad SMARTS) is 1. The largest absolute Gasteiger partial charge is 0.486 e. The number of fused-ring (bicyclic) bond motifs is 1. The molecule has 0 spiro atoms. The molecule has 7 heteroatoms. The van der Waals surface area contributed by atoms with Crippen molar-refractivity contribution in [3.63, 3.8) is 0 Å². The third kappa shape index (κ3) is 3.15. The topological polar surface area (TPSA) is 55.8 Å². The molecule has 1 heterocycles. The van der Waals surface area contributed by atoms with Crippen molar-refractivity contribution in [2.75, 3.05) is 13.2 Å². The van der Waals surface area contributed by atoms with Gasteiger partial charge in [-0.05, 0) is 25.0 Å². The Bertz CT molecular complexity index is 511. The minimum Gasteiger partial charge on any atom is -0.486 e. The van der Waals surface area contributed by atoms with Gasteiger partial charge in [-0.15, -0.1) is 0 Å². The van der Waals surface area contributed by atoms with Gasteiger partial charge in [0, 0.05) is 12.0 Å². The molecule has 0 saturated carbocycles. The zero-order chi connectivity index (χ0) is 14.8. The summed E-state index contributed by atoms with van der Waals surface area (Å²) in [5, 5.41) is 8.58. The summed E-state index contributed by atoms with van der Waals surface area (Å²) in [6.45, 7) is 0.465. The maximum absolute atomic E-state index is 13.0. The highest BCUT2D eigenvalue weighted by Crippen LogP contribution is 2.42. The van der Waals surface area contributed by atoms with E-state index in [1.54, 1.807) is 0 Å². The summed E-state index contributed by atoms with van der Waals surface area (Å²) in [7, 11) is 0. The summed E-state index contributed by atoms with van der Waals surface area (Å²) in [4.78, 5) is 10.5. The Morgan fingerprint density at radius 1 is 1.25 bits per heavy atom. The molecule has 2 rings (SSSR count). The van der Waals surface area contributed by atoms with Crippen LogP contribution in [-0.4, -0.2) is 24.3 Å². The second kappa shape index (κ2) is 5.60. The third-order valence-electron chi connectivity index (χ3n) is 2.93. The van der Waals surface area contributed by atoms with Gasteiger partial charge in [0.2, 0.25) is 0 Å². The molecule has 0 fully saturated rings. The van der Waals surface area contributed by atoms with E-state index < -0.39 is 17.7 Å². The first kappa shape index (κ1) is 14.5. The van der Waals surface area contributed by atoms with E-state index in [4.69, 9.17) is 14.6 Å². The highest BCUT2D eigenvalue weighted by Gasteiger charge is 2.36. The number of aliphatic carboxylic acids is 1. The van der Waals surface area contributed by atoms with Crippen molar-refractivity contribution in [2.45, 2.75) is 25.4 Å². The van der Waals surface area contributed by atoms with E-state index in [-0.39, 0.29) is 49.5 Å². The number of halogens is 3. The van der Waals surface area contributed by atoms with Gasteiger partial charge >= 0.3 is 12.1 Å². The van der Waals surface area contributed by atoms with Crippen molar-refractivity contribution in [3.8, 4) is 11.5 Å². The maximum Gasteiger partial charge on any atom is 0.416 e. The van der Waals surface area contributed by atoms with Gasteiger partial charge < -0.3 is 14.6 Å². The zero-order valence-electron chi connectivity index (χ0n) is 10.5. The zero-order valence-corrected chi connectivity index (χ0v) is 10.5. The number of hydrogen-bond donors (Lipinski definition) is 1. The summed E-state index contributed by atoms with van der Waals surface area (Å²) >= 11 is 0. The van der Waals surface area contributed by atoms with E-state index in [1.807, 2.05) is 0 Å². The molecule has 0 bridgehead atoms.